The topological polar surface area (TPSA) is 28.6 Å². The molecule has 0 aliphatic heterocycles. The van der Waals surface area contributed by atoms with Gasteiger partial charge in [0.05, 0.1) is 0 Å². The first-order chi connectivity index (χ1) is 4.93. The molecular formula is C7H10N3+. The van der Waals surface area contributed by atoms with Gasteiger partial charge in [0.15, 0.2) is 6.54 Å². The van der Waals surface area contributed by atoms with E-state index in [1.807, 2.05) is 37.5 Å². The second-order valence-corrected chi connectivity index (χ2v) is 1.80. The van der Waals surface area contributed by atoms with Crippen LogP contribution in [0.4, 0.5) is 0 Å². The zero-order chi connectivity index (χ0) is 7.23. The molecule has 0 aliphatic carbocycles. The van der Waals surface area contributed by atoms with Crippen molar-refractivity contribution in [2.75, 3.05) is 6.54 Å². The van der Waals surface area contributed by atoms with Gasteiger partial charge < -0.3 is 0 Å². The van der Waals surface area contributed by atoms with Crippen LogP contribution < -0.4 is 4.68 Å². The van der Waals surface area contributed by atoms with Gasteiger partial charge in [-0.25, -0.2) is 0 Å². The summed E-state index contributed by atoms with van der Waals surface area (Å²) in [5.74, 6) is 0. The Morgan fingerprint density at radius 3 is 2.50 bits per heavy atom. The zero-order valence-corrected chi connectivity index (χ0v) is 5.94. The van der Waals surface area contributed by atoms with E-state index in [1.165, 1.54) is 0 Å². The highest BCUT2D eigenvalue weighted by Gasteiger charge is 1.86. The molecular weight excluding hydrogens is 126 g/mol. The van der Waals surface area contributed by atoms with E-state index in [0.717, 1.165) is 6.54 Å². The molecule has 3 nitrogen and oxygen atoms in total. The number of nitrogens with zero attached hydrogens (tertiary/aromatic N) is 3. The molecule has 1 rings (SSSR count). The molecule has 0 unspecified atom stereocenters. The highest BCUT2D eigenvalue weighted by Crippen LogP contribution is 1.76. The van der Waals surface area contributed by atoms with Crippen LogP contribution in [0.3, 0.4) is 0 Å². The van der Waals surface area contributed by atoms with Gasteiger partial charge in [0.2, 0.25) is 0 Å². The Hall–Kier alpha value is -1.25. The van der Waals surface area contributed by atoms with Crippen molar-refractivity contribution in [2.24, 2.45) is 10.3 Å². The fraction of sp³-hybridized carbons (Fsp3) is 0.286. The largest absolute Gasteiger partial charge is 0.154 e. The van der Waals surface area contributed by atoms with Crippen molar-refractivity contribution in [1.82, 2.24) is 0 Å². The Labute approximate surface area is 60.0 Å². The normalized spacial score (nSPS) is 10.5. The number of hydrogen-bond acceptors (Lipinski definition) is 2. The van der Waals surface area contributed by atoms with Gasteiger partial charge in [-0.05, 0) is 19.1 Å². The van der Waals surface area contributed by atoms with E-state index >= 15 is 0 Å². The molecule has 0 atom stereocenters. The molecule has 0 saturated heterocycles. The van der Waals surface area contributed by atoms with Gasteiger partial charge in [-0.3, -0.25) is 0 Å². The van der Waals surface area contributed by atoms with Gasteiger partial charge >= 0.3 is 0 Å². The maximum atomic E-state index is 3.87. The van der Waals surface area contributed by atoms with Crippen LogP contribution in [-0.4, -0.2) is 6.54 Å². The summed E-state index contributed by atoms with van der Waals surface area (Å²) in [5, 5.41) is 7.70. The van der Waals surface area contributed by atoms with Crippen LogP contribution in [0.1, 0.15) is 6.92 Å². The summed E-state index contributed by atoms with van der Waals surface area (Å²) in [6.45, 7) is 2.68. The molecule has 52 valence electrons. The van der Waals surface area contributed by atoms with Crippen molar-refractivity contribution in [1.29, 1.82) is 0 Å². The van der Waals surface area contributed by atoms with Crippen LogP contribution in [-0.2, 0) is 0 Å². The Bertz CT molecular complexity index is 205. The Kier molecular flexibility index (Phi) is 2.55. The van der Waals surface area contributed by atoms with E-state index in [1.54, 1.807) is 4.68 Å². The fourth-order valence-corrected chi connectivity index (χ4v) is 0.585. The van der Waals surface area contributed by atoms with Crippen LogP contribution in [0.2, 0.25) is 0 Å². The molecule has 10 heavy (non-hydrogen) atoms. The molecule has 1 aromatic rings. The number of hydrogen-bond donors (Lipinski definition) is 0. The first kappa shape index (κ1) is 6.86. The molecule has 0 N–H and O–H groups in total. The summed E-state index contributed by atoms with van der Waals surface area (Å²) in [5.41, 5.74) is 0. The van der Waals surface area contributed by atoms with Crippen LogP contribution in [0.5, 0.6) is 0 Å². The standard InChI is InChI=1S/C7H10N3/c1-2-8-9-10-6-4-3-5-7-10/h3-7H,2H2,1H3/q+1. The first-order valence-electron chi connectivity index (χ1n) is 3.27. The smallest absolute Gasteiger partial charge is 0.110 e. The highest BCUT2D eigenvalue weighted by molar-refractivity contribution is 4.83. The molecule has 0 aliphatic rings. The summed E-state index contributed by atoms with van der Waals surface area (Å²) in [6, 6.07) is 5.77. The summed E-state index contributed by atoms with van der Waals surface area (Å²) < 4.78 is 1.67. The lowest BCUT2D eigenvalue weighted by Gasteiger charge is -1.81. The molecule has 0 radical (unpaired) electrons. The molecule has 3 heteroatoms. The van der Waals surface area contributed by atoms with Crippen molar-refractivity contribution in [3.63, 3.8) is 0 Å². The third kappa shape index (κ3) is 1.93. The highest BCUT2D eigenvalue weighted by atomic mass is 15.4. The second kappa shape index (κ2) is 3.71. The molecule has 0 spiro atoms. The molecule has 1 aromatic heterocycles. The van der Waals surface area contributed by atoms with E-state index in [2.05, 4.69) is 10.3 Å². The maximum absolute atomic E-state index is 3.87. The van der Waals surface area contributed by atoms with Gasteiger partial charge in [0.1, 0.15) is 17.6 Å². The summed E-state index contributed by atoms with van der Waals surface area (Å²) in [7, 11) is 0. The second-order valence-electron chi connectivity index (χ2n) is 1.80. The summed E-state index contributed by atoms with van der Waals surface area (Å²) in [4.78, 5) is 0. The molecule has 0 aromatic carbocycles. The minimum absolute atomic E-state index is 0.724. The Balaban J connectivity index is 2.67. The Morgan fingerprint density at radius 1 is 1.20 bits per heavy atom. The van der Waals surface area contributed by atoms with Gasteiger partial charge in [0.25, 0.3) is 0 Å². The third-order valence-corrected chi connectivity index (χ3v) is 1.01. The van der Waals surface area contributed by atoms with E-state index in [9.17, 15) is 0 Å². The van der Waals surface area contributed by atoms with Gasteiger partial charge in [-0.1, -0.05) is 6.07 Å². The average Bonchev–Trinajstić information content (AvgIpc) is 2.03. The van der Waals surface area contributed by atoms with Crippen LogP contribution in [0.25, 0.3) is 0 Å². The van der Waals surface area contributed by atoms with Gasteiger partial charge in [-0.2, -0.15) is 0 Å². The monoisotopic (exact) mass is 136 g/mol. The summed E-state index contributed by atoms with van der Waals surface area (Å²) in [6.07, 6.45) is 3.69. The average molecular weight is 136 g/mol. The molecule has 1 heterocycles. The predicted octanol–water partition coefficient (Wildman–Crippen LogP) is 1.21. The Morgan fingerprint density at radius 2 is 1.90 bits per heavy atom. The lowest BCUT2D eigenvalue weighted by molar-refractivity contribution is -0.686. The predicted molar refractivity (Wildman–Crippen MR) is 37.4 cm³/mol. The van der Waals surface area contributed by atoms with Crippen molar-refractivity contribution in [2.45, 2.75) is 6.92 Å². The molecule has 0 amide bonds. The maximum Gasteiger partial charge on any atom is 0.154 e. The van der Waals surface area contributed by atoms with E-state index in [-0.39, 0.29) is 0 Å². The van der Waals surface area contributed by atoms with Crippen molar-refractivity contribution in [3.8, 4) is 0 Å². The number of pyridine rings is 1. The van der Waals surface area contributed by atoms with E-state index in [4.69, 9.17) is 0 Å². The van der Waals surface area contributed by atoms with Crippen molar-refractivity contribution in [3.05, 3.63) is 30.6 Å². The number of aromatic nitrogens is 1. The lowest BCUT2D eigenvalue weighted by atomic mass is 10.5. The fourth-order valence-electron chi connectivity index (χ4n) is 0.585. The minimum Gasteiger partial charge on any atom is -0.110 e. The zero-order valence-electron chi connectivity index (χ0n) is 5.94. The quantitative estimate of drug-likeness (QED) is 0.432. The van der Waals surface area contributed by atoms with Crippen LogP contribution in [0, 0.1) is 0 Å². The van der Waals surface area contributed by atoms with E-state index in [0.29, 0.717) is 0 Å². The summed E-state index contributed by atoms with van der Waals surface area (Å²) >= 11 is 0. The minimum atomic E-state index is 0.724. The molecule has 0 saturated carbocycles. The molecule has 0 fully saturated rings. The SMILES string of the molecule is CCN=N[n+]1ccccc1. The van der Waals surface area contributed by atoms with Crippen LogP contribution >= 0.6 is 0 Å². The van der Waals surface area contributed by atoms with Gasteiger partial charge in [0, 0.05) is 5.11 Å². The van der Waals surface area contributed by atoms with E-state index < -0.39 is 0 Å². The van der Waals surface area contributed by atoms with Crippen LogP contribution in [0.15, 0.2) is 40.9 Å². The third-order valence-electron chi connectivity index (χ3n) is 1.01. The lowest BCUT2D eigenvalue weighted by Crippen LogP contribution is -2.24. The van der Waals surface area contributed by atoms with Crippen molar-refractivity contribution < 1.29 is 4.68 Å². The molecule has 0 bridgehead atoms. The number of rotatable bonds is 2. The van der Waals surface area contributed by atoms with Crippen molar-refractivity contribution >= 4 is 0 Å². The van der Waals surface area contributed by atoms with Gasteiger partial charge in [-0.15, -0.1) is 4.68 Å². The first-order valence-corrected chi connectivity index (χ1v) is 3.27.